The molecule has 2 aliphatic rings. The maximum absolute atomic E-state index is 13.5. The third-order valence-corrected chi connectivity index (χ3v) is 10.9. The average molecular weight is 601 g/mol. The van der Waals surface area contributed by atoms with E-state index in [1.807, 2.05) is 42.5 Å². The fourth-order valence-corrected chi connectivity index (χ4v) is 8.11. The number of morpholine rings is 1. The van der Waals surface area contributed by atoms with E-state index >= 15 is 0 Å². The van der Waals surface area contributed by atoms with Crippen molar-refractivity contribution in [1.29, 1.82) is 0 Å². The summed E-state index contributed by atoms with van der Waals surface area (Å²) in [5.41, 5.74) is 2.23. The molecular weight excluding hydrogens is 569 g/mol. The monoisotopic (exact) mass is 600 g/mol. The van der Waals surface area contributed by atoms with Crippen molar-refractivity contribution < 1.29 is 22.7 Å². The number of amides is 2. The summed E-state index contributed by atoms with van der Waals surface area (Å²) >= 11 is 2.39. The predicted molar refractivity (Wildman–Crippen MR) is 160 cm³/mol. The van der Waals surface area contributed by atoms with E-state index in [0.717, 1.165) is 66.9 Å². The van der Waals surface area contributed by atoms with Gasteiger partial charge < -0.3 is 15.0 Å². The summed E-state index contributed by atoms with van der Waals surface area (Å²) in [6.45, 7) is 2.73. The molecular formula is C28H32N4O5S3. The van der Waals surface area contributed by atoms with Gasteiger partial charge in [-0.05, 0) is 43.2 Å². The van der Waals surface area contributed by atoms with Crippen LogP contribution in [0.5, 0.6) is 0 Å². The minimum atomic E-state index is -3.54. The van der Waals surface area contributed by atoms with Gasteiger partial charge in [0.1, 0.15) is 4.21 Å². The van der Waals surface area contributed by atoms with Crippen molar-refractivity contribution in [1.82, 2.24) is 4.98 Å². The maximum atomic E-state index is 13.5. The summed E-state index contributed by atoms with van der Waals surface area (Å²) in [6, 6.07) is 14.6. The lowest BCUT2D eigenvalue weighted by Gasteiger charge is -2.29. The number of hydrogen-bond donors (Lipinski definition) is 2. The highest BCUT2D eigenvalue weighted by atomic mass is 32.2. The van der Waals surface area contributed by atoms with Crippen LogP contribution in [0.25, 0.3) is 0 Å². The van der Waals surface area contributed by atoms with Gasteiger partial charge >= 0.3 is 6.03 Å². The summed E-state index contributed by atoms with van der Waals surface area (Å²) in [5.74, 6) is 0.330. The average Bonchev–Trinajstić information content (AvgIpc) is 3.63. The predicted octanol–water partition coefficient (Wildman–Crippen LogP) is 5.69. The Balaban J connectivity index is 1.34. The summed E-state index contributed by atoms with van der Waals surface area (Å²) in [5, 5.41) is 5.67. The minimum absolute atomic E-state index is 0.0387. The first-order chi connectivity index (χ1) is 19.3. The van der Waals surface area contributed by atoms with Gasteiger partial charge in [0, 0.05) is 47.2 Å². The minimum Gasteiger partial charge on any atom is -0.378 e. The zero-order valence-electron chi connectivity index (χ0n) is 22.2. The number of hydrogen-bond acceptors (Lipinski definition) is 9. The Kier molecular flexibility index (Phi) is 9.09. The number of Topliss-reactive ketones (excluding diaryl/α,β-unsaturated/α-hetero) is 1. The fourth-order valence-electron chi connectivity index (χ4n) is 4.96. The number of ketones is 1. The molecule has 2 fully saturated rings. The molecule has 3 aromatic rings. The first-order valence-electron chi connectivity index (χ1n) is 13.2. The number of aromatic nitrogens is 1. The van der Waals surface area contributed by atoms with Crippen LogP contribution in [0.3, 0.4) is 0 Å². The van der Waals surface area contributed by atoms with Gasteiger partial charge in [-0.1, -0.05) is 42.4 Å². The molecule has 40 heavy (non-hydrogen) atoms. The molecule has 5 rings (SSSR count). The molecule has 1 aliphatic carbocycles. The molecule has 9 nitrogen and oxygen atoms in total. The molecule has 2 N–H and O–H groups in total. The topological polar surface area (TPSA) is 118 Å². The Hall–Kier alpha value is -2.93. The van der Waals surface area contributed by atoms with Crippen LogP contribution in [0, 0.1) is 5.92 Å². The molecule has 0 atom stereocenters. The molecule has 2 heterocycles. The zero-order chi connectivity index (χ0) is 28.1. The van der Waals surface area contributed by atoms with Gasteiger partial charge in [0.05, 0.1) is 24.6 Å². The van der Waals surface area contributed by atoms with Crippen molar-refractivity contribution >= 4 is 61.3 Å². The van der Waals surface area contributed by atoms with Crippen molar-refractivity contribution in [3.05, 3.63) is 59.8 Å². The van der Waals surface area contributed by atoms with E-state index in [9.17, 15) is 18.0 Å². The Morgan fingerprint density at radius 2 is 1.80 bits per heavy atom. The molecule has 0 bridgehead atoms. The molecule has 1 aliphatic heterocycles. The lowest BCUT2D eigenvalue weighted by molar-refractivity contribution is 0.0923. The number of ether oxygens (including phenoxy) is 1. The molecule has 12 heteroatoms. The van der Waals surface area contributed by atoms with Crippen LogP contribution in [0.2, 0.25) is 0 Å². The number of thioether (sulfide) groups is 1. The number of sulfone groups is 1. The number of benzene rings is 2. The lowest BCUT2D eigenvalue weighted by Crippen LogP contribution is -2.36. The zero-order valence-corrected chi connectivity index (χ0v) is 24.7. The molecule has 1 saturated carbocycles. The van der Waals surface area contributed by atoms with Gasteiger partial charge in [-0.2, -0.15) is 0 Å². The largest absolute Gasteiger partial charge is 0.378 e. The van der Waals surface area contributed by atoms with Gasteiger partial charge in [-0.15, -0.1) is 11.8 Å². The summed E-state index contributed by atoms with van der Waals surface area (Å²) in [4.78, 5) is 34.2. The molecule has 0 unspecified atom stereocenters. The molecule has 2 amide bonds. The van der Waals surface area contributed by atoms with Crippen LogP contribution >= 0.6 is 23.1 Å². The van der Waals surface area contributed by atoms with Gasteiger partial charge in [-0.25, -0.2) is 18.2 Å². The van der Waals surface area contributed by atoms with E-state index in [1.165, 1.54) is 11.8 Å². The Labute approximate surface area is 242 Å². The summed E-state index contributed by atoms with van der Waals surface area (Å²) < 4.78 is 30.5. The molecule has 0 radical (unpaired) electrons. The van der Waals surface area contributed by atoms with E-state index in [1.54, 1.807) is 6.07 Å². The standard InChI is InChI=1S/C28H32N4O5S3/c1-40(35,36)26-24(18-38-21-9-3-2-4-10-21)30-28(39-26)31-27(34)29-23-12-11-20(32-13-15-37-16-14-32)17-22(23)25(33)19-7-5-6-8-19/h2-4,9-12,17,19H,5-8,13-16,18H2,1H3,(H2,29,30,31,34). The smallest absolute Gasteiger partial charge is 0.325 e. The highest BCUT2D eigenvalue weighted by Crippen LogP contribution is 2.34. The quantitative estimate of drug-likeness (QED) is 0.238. The van der Waals surface area contributed by atoms with E-state index in [0.29, 0.717) is 35.9 Å². The Bertz CT molecular complexity index is 1460. The number of carbonyl (C=O) groups excluding carboxylic acids is 2. The normalized spacial score (nSPS) is 16.2. The SMILES string of the molecule is CS(=O)(=O)c1sc(NC(=O)Nc2ccc(N3CCOCC3)cc2C(=O)C2CCCC2)nc1CSc1ccccc1. The number of thiazole rings is 1. The fraction of sp³-hybridized carbons (Fsp3) is 0.393. The molecule has 1 saturated heterocycles. The van der Waals surface area contributed by atoms with Crippen LogP contribution in [0.4, 0.5) is 21.3 Å². The van der Waals surface area contributed by atoms with Crippen LogP contribution in [0.15, 0.2) is 57.6 Å². The molecule has 2 aromatic carbocycles. The van der Waals surface area contributed by atoms with Crippen molar-refractivity contribution in [2.75, 3.05) is 48.1 Å². The van der Waals surface area contributed by atoms with Crippen molar-refractivity contribution in [3.63, 3.8) is 0 Å². The number of carbonyl (C=O) groups is 2. The second-order valence-electron chi connectivity index (χ2n) is 9.88. The van der Waals surface area contributed by atoms with E-state index in [2.05, 4.69) is 20.5 Å². The van der Waals surface area contributed by atoms with Crippen LogP contribution in [-0.4, -0.2) is 57.8 Å². The number of urea groups is 1. The van der Waals surface area contributed by atoms with Crippen LogP contribution in [-0.2, 0) is 20.3 Å². The van der Waals surface area contributed by atoms with E-state index < -0.39 is 15.9 Å². The highest BCUT2D eigenvalue weighted by Gasteiger charge is 2.27. The number of nitrogens with zero attached hydrogens (tertiary/aromatic N) is 2. The van der Waals surface area contributed by atoms with Crippen LogP contribution < -0.4 is 15.5 Å². The second-order valence-corrected chi connectivity index (χ2v) is 14.1. The second kappa shape index (κ2) is 12.7. The first kappa shape index (κ1) is 28.6. The number of rotatable bonds is 9. The molecule has 212 valence electrons. The molecule has 0 spiro atoms. The van der Waals surface area contributed by atoms with Gasteiger partial charge in [0.15, 0.2) is 20.8 Å². The summed E-state index contributed by atoms with van der Waals surface area (Å²) in [6.07, 6.45) is 4.89. The third kappa shape index (κ3) is 7.03. The van der Waals surface area contributed by atoms with Crippen molar-refractivity contribution in [3.8, 4) is 0 Å². The Morgan fingerprint density at radius 3 is 2.50 bits per heavy atom. The van der Waals surface area contributed by atoms with E-state index in [-0.39, 0.29) is 21.0 Å². The third-order valence-electron chi connectivity index (χ3n) is 6.96. The van der Waals surface area contributed by atoms with E-state index in [4.69, 9.17) is 4.74 Å². The first-order valence-corrected chi connectivity index (χ1v) is 16.9. The van der Waals surface area contributed by atoms with Crippen molar-refractivity contribution in [2.45, 2.75) is 40.5 Å². The lowest BCUT2D eigenvalue weighted by atomic mass is 9.94. The van der Waals surface area contributed by atoms with Crippen molar-refractivity contribution in [2.24, 2.45) is 5.92 Å². The number of nitrogens with one attached hydrogen (secondary N) is 2. The van der Waals surface area contributed by atoms with Crippen LogP contribution in [0.1, 0.15) is 41.7 Å². The molecule has 1 aromatic heterocycles. The van der Waals surface area contributed by atoms with Gasteiger partial charge in [0.2, 0.25) is 0 Å². The Morgan fingerprint density at radius 1 is 1.07 bits per heavy atom. The van der Waals surface area contributed by atoms with Gasteiger partial charge in [0.25, 0.3) is 0 Å². The maximum Gasteiger partial charge on any atom is 0.325 e. The highest BCUT2D eigenvalue weighted by molar-refractivity contribution is 7.98. The summed E-state index contributed by atoms with van der Waals surface area (Å²) in [7, 11) is -3.54. The van der Waals surface area contributed by atoms with Gasteiger partial charge in [-0.3, -0.25) is 10.1 Å². The number of anilines is 3.